The molecule has 1 aromatic rings. The fourth-order valence-electron chi connectivity index (χ4n) is 2.59. The first-order chi connectivity index (χ1) is 8.40. The van der Waals surface area contributed by atoms with E-state index < -0.39 is 0 Å². The van der Waals surface area contributed by atoms with Gasteiger partial charge in [-0.25, -0.2) is 4.98 Å². The summed E-state index contributed by atoms with van der Waals surface area (Å²) < 4.78 is 5.85. The van der Waals surface area contributed by atoms with Crippen LogP contribution in [0.5, 0.6) is 0 Å². The second-order valence-corrected chi connectivity index (χ2v) is 5.37. The van der Waals surface area contributed by atoms with E-state index in [9.17, 15) is 0 Å². The molecule has 1 heterocycles. The van der Waals surface area contributed by atoms with Crippen LogP contribution in [0.25, 0.3) is 0 Å². The van der Waals surface area contributed by atoms with E-state index in [1.54, 1.807) is 0 Å². The van der Waals surface area contributed by atoms with Crippen LogP contribution < -0.4 is 0 Å². The molecule has 1 aliphatic carbocycles. The second kappa shape index (κ2) is 7.05. The van der Waals surface area contributed by atoms with E-state index in [0.29, 0.717) is 11.8 Å². The first-order valence-electron chi connectivity index (χ1n) is 6.90. The van der Waals surface area contributed by atoms with E-state index in [0.717, 1.165) is 24.5 Å². The van der Waals surface area contributed by atoms with Crippen molar-refractivity contribution < 1.29 is 4.42 Å². The van der Waals surface area contributed by atoms with Crippen LogP contribution in [-0.4, -0.2) is 10.9 Å². The summed E-state index contributed by atoms with van der Waals surface area (Å²) in [5.74, 6) is 3.26. The predicted octanol–water partition coefficient (Wildman–Crippen LogP) is 4.67. The highest BCUT2D eigenvalue weighted by atomic mass is 35.5. The van der Waals surface area contributed by atoms with E-state index in [4.69, 9.17) is 16.0 Å². The van der Waals surface area contributed by atoms with E-state index in [1.165, 1.54) is 44.9 Å². The largest absolute Gasteiger partial charge is 0.445 e. The summed E-state index contributed by atoms with van der Waals surface area (Å²) in [6, 6.07) is 0. The fraction of sp³-hybridized carbons (Fsp3) is 0.786. The fourth-order valence-corrected chi connectivity index (χ4v) is 2.72. The van der Waals surface area contributed by atoms with Crippen molar-refractivity contribution in [3.8, 4) is 0 Å². The molecular formula is C14H22ClNO. The van der Waals surface area contributed by atoms with E-state index >= 15 is 0 Å². The molecule has 96 valence electrons. The molecule has 3 heteroatoms. The molecule has 17 heavy (non-hydrogen) atoms. The smallest absolute Gasteiger partial charge is 0.194 e. The number of halogens is 1. The van der Waals surface area contributed by atoms with Crippen molar-refractivity contribution in [2.45, 2.75) is 63.7 Å². The molecule has 0 saturated heterocycles. The summed E-state index contributed by atoms with van der Waals surface area (Å²) in [4.78, 5) is 4.36. The summed E-state index contributed by atoms with van der Waals surface area (Å²) >= 11 is 5.68. The summed E-state index contributed by atoms with van der Waals surface area (Å²) in [7, 11) is 0. The number of alkyl halides is 1. The van der Waals surface area contributed by atoms with Gasteiger partial charge in [-0.2, -0.15) is 0 Å². The lowest BCUT2D eigenvalue weighted by Crippen LogP contribution is -2.01. The minimum absolute atomic E-state index is 0.604. The number of hydrogen-bond acceptors (Lipinski definition) is 2. The Hall–Kier alpha value is -0.500. The average molecular weight is 256 g/mol. The molecule has 1 saturated carbocycles. The Balaban J connectivity index is 1.92. The Morgan fingerprint density at radius 3 is 2.59 bits per heavy atom. The number of nitrogens with zero attached hydrogens (tertiary/aromatic N) is 1. The Bertz CT molecular complexity index is 316. The highest BCUT2D eigenvalue weighted by molar-refractivity contribution is 6.17. The zero-order valence-corrected chi connectivity index (χ0v) is 11.2. The highest BCUT2D eigenvalue weighted by Gasteiger charge is 2.17. The molecule has 0 unspecified atom stereocenters. The van der Waals surface area contributed by atoms with E-state index in [-0.39, 0.29) is 0 Å². The monoisotopic (exact) mass is 255 g/mol. The standard InChI is InChI=1S/C14H22ClNO/c15-10-6-9-14-16-11-13(17-14)12-7-4-2-1-3-5-8-12/h11-12H,1-10H2. The SMILES string of the molecule is ClCCCc1ncc(C2CCCCCCC2)o1. The van der Waals surface area contributed by atoms with Gasteiger partial charge in [0.15, 0.2) is 5.89 Å². The van der Waals surface area contributed by atoms with Crippen molar-refractivity contribution in [1.29, 1.82) is 0 Å². The van der Waals surface area contributed by atoms with Gasteiger partial charge in [-0.1, -0.05) is 32.1 Å². The van der Waals surface area contributed by atoms with Crippen molar-refractivity contribution in [2.24, 2.45) is 0 Å². The number of rotatable bonds is 4. The summed E-state index contributed by atoms with van der Waals surface area (Å²) in [5.41, 5.74) is 0. The summed E-state index contributed by atoms with van der Waals surface area (Å²) in [5, 5.41) is 0. The summed E-state index contributed by atoms with van der Waals surface area (Å²) in [6.45, 7) is 0. The first-order valence-corrected chi connectivity index (χ1v) is 7.44. The minimum atomic E-state index is 0.604. The topological polar surface area (TPSA) is 26.0 Å². The molecule has 2 nitrogen and oxygen atoms in total. The van der Waals surface area contributed by atoms with Gasteiger partial charge in [-0.15, -0.1) is 11.6 Å². The zero-order chi connectivity index (χ0) is 11.9. The summed E-state index contributed by atoms with van der Waals surface area (Å²) in [6.07, 6.45) is 13.1. The molecule has 0 bridgehead atoms. The Morgan fingerprint density at radius 2 is 1.88 bits per heavy atom. The molecule has 0 radical (unpaired) electrons. The maximum atomic E-state index is 5.85. The van der Waals surface area contributed by atoms with Gasteiger partial charge in [0.25, 0.3) is 0 Å². The van der Waals surface area contributed by atoms with Gasteiger partial charge in [0, 0.05) is 18.2 Å². The predicted molar refractivity (Wildman–Crippen MR) is 70.6 cm³/mol. The lowest BCUT2D eigenvalue weighted by atomic mass is 9.90. The van der Waals surface area contributed by atoms with Crippen molar-refractivity contribution in [3.05, 3.63) is 17.8 Å². The molecule has 0 amide bonds. The number of hydrogen-bond donors (Lipinski definition) is 0. The average Bonchev–Trinajstić information content (AvgIpc) is 2.74. The number of oxazole rings is 1. The normalized spacial score (nSPS) is 18.9. The van der Waals surface area contributed by atoms with E-state index in [2.05, 4.69) is 4.98 Å². The maximum absolute atomic E-state index is 5.85. The molecule has 1 aliphatic rings. The van der Waals surface area contributed by atoms with Gasteiger partial charge in [-0.3, -0.25) is 0 Å². The quantitative estimate of drug-likeness (QED) is 0.731. The van der Waals surface area contributed by atoms with Crippen LogP contribution >= 0.6 is 11.6 Å². The van der Waals surface area contributed by atoms with Crippen LogP contribution in [0.1, 0.15) is 68.9 Å². The van der Waals surface area contributed by atoms with Gasteiger partial charge in [0.1, 0.15) is 5.76 Å². The minimum Gasteiger partial charge on any atom is -0.445 e. The maximum Gasteiger partial charge on any atom is 0.194 e. The molecule has 0 aromatic carbocycles. The second-order valence-electron chi connectivity index (χ2n) is 4.99. The Kier molecular flexibility index (Phi) is 5.37. The Morgan fingerprint density at radius 1 is 1.18 bits per heavy atom. The van der Waals surface area contributed by atoms with Crippen LogP contribution in [0.2, 0.25) is 0 Å². The van der Waals surface area contributed by atoms with Gasteiger partial charge in [-0.05, 0) is 19.3 Å². The van der Waals surface area contributed by atoms with Gasteiger partial charge < -0.3 is 4.42 Å². The highest BCUT2D eigenvalue weighted by Crippen LogP contribution is 2.31. The van der Waals surface area contributed by atoms with Crippen LogP contribution in [0, 0.1) is 0 Å². The van der Waals surface area contributed by atoms with Crippen LogP contribution in [0.3, 0.4) is 0 Å². The van der Waals surface area contributed by atoms with Crippen molar-refractivity contribution in [3.63, 3.8) is 0 Å². The lowest BCUT2D eigenvalue weighted by molar-refractivity contribution is 0.371. The van der Waals surface area contributed by atoms with Crippen molar-refractivity contribution >= 4 is 11.6 Å². The molecule has 0 atom stereocenters. The lowest BCUT2D eigenvalue weighted by Gasteiger charge is -2.16. The number of aromatic nitrogens is 1. The molecule has 2 rings (SSSR count). The molecule has 0 aliphatic heterocycles. The molecule has 1 fully saturated rings. The van der Waals surface area contributed by atoms with Crippen molar-refractivity contribution in [1.82, 2.24) is 4.98 Å². The first kappa shape index (κ1) is 12.9. The third-order valence-corrected chi connectivity index (χ3v) is 3.87. The van der Waals surface area contributed by atoms with E-state index in [1.807, 2.05) is 6.20 Å². The molecule has 1 aromatic heterocycles. The van der Waals surface area contributed by atoms with Crippen LogP contribution in [0.4, 0.5) is 0 Å². The third kappa shape index (κ3) is 4.02. The Labute approximate surface area is 109 Å². The zero-order valence-electron chi connectivity index (χ0n) is 10.5. The van der Waals surface area contributed by atoms with Gasteiger partial charge in [0.2, 0.25) is 0 Å². The van der Waals surface area contributed by atoms with Gasteiger partial charge >= 0.3 is 0 Å². The van der Waals surface area contributed by atoms with Crippen LogP contribution in [0.15, 0.2) is 10.6 Å². The third-order valence-electron chi connectivity index (χ3n) is 3.60. The van der Waals surface area contributed by atoms with Gasteiger partial charge in [0.05, 0.1) is 6.20 Å². The molecular weight excluding hydrogens is 234 g/mol. The number of aryl methyl sites for hydroxylation is 1. The molecule has 0 spiro atoms. The van der Waals surface area contributed by atoms with Crippen molar-refractivity contribution in [2.75, 3.05) is 5.88 Å². The van der Waals surface area contributed by atoms with Crippen LogP contribution in [-0.2, 0) is 6.42 Å². The molecule has 0 N–H and O–H groups in total.